The number of hydrazine groups is 1. The summed E-state index contributed by atoms with van der Waals surface area (Å²) in [4.78, 5) is 0. The maximum absolute atomic E-state index is 13.2. The molecule has 0 bridgehead atoms. The number of nitrogens with two attached hydrogens (primary N) is 1. The van der Waals surface area contributed by atoms with Crippen molar-refractivity contribution < 1.29 is 4.39 Å². The summed E-state index contributed by atoms with van der Waals surface area (Å²) in [5.74, 6) is 5.29. The highest BCUT2D eigenvalue weighted by atomic mass is 79.9. The van der Waals surface area contributed by atoms with E-state index in [9.17, 15) is 4.39 Å². The zero-order chi connectivity index (χ0) is 12.3. The Balaban J connectivity index is 2.39. The molecule has 1 atom stereocenters. The molecule has 0 spiro atoms. The first kappa shape index (κ1) is 12.2. The van der Waals surface area contributed by atoms with Gasteiger partial charge in [0, 0.05) is 0 Å². The molecule has 17 heavy (non-hydrogen) atoms. The minimum Gasteiger partial charge on any atom is -0.271 e. The quantitative estimate of drug-likeness (QED) is 0.674. The molecular formula is C13H12BrFN2. The average molecular weight is 295 g/mol. The summed E-state index contributed by atoms with van der Waals surface area (Å²) in [6.07, 6.45) is 0. The first-order chi connectivity index (χ1) is 8.22. The van der Waals surface area contributed by atoms with E-state index in [1.54, 1.807) is 12.1 Å². The van der Waals surface area contributed by atoms with Gasteiger partial charge in [-0.25, -0.2) is 9.82 Å². The summed E-state index contributed by atoms with van der Waals surface area (Å²) in [6.45, 7) is 0. The maximum atomic E-state index is 13.2. The van der Waals surface area contributed by atoms with Gasteiger partial charge in [0.25, 0.3) is 0 Å². The second-order valence-electron chi connectivity index (χ2n) is 3.68. The molecule has 0 saturated heterocycles. The Labute approximate surface area is 108 Å². The SMILES string of the molecule is NNC(c1ccccc1)c1ccc(F)c(Br)c1. The molecule has 0 heterocycles. The Kier molecular flexibility index (Phi) is 3.89. The molecule has 0 saturated carbocycles. The van der Waals surface area contributed by atoms with Crippen LogP contribution in [0.3, 0.4) is 0 Å². The molecule has 0 aliphatic carbocycles. The number of rotatable bonds is 3. The van der Waals surface area contributed by atoms with Crippen molar-refractivity contribution in [2.24, 2.45) is 5.84 Å². The number of nitrogens with one attached hydrogen (secondary N) is 1. The van der Waals surface area contributed by atoms with Gasteiger partial charge in [-0.15, -0.1) is 0 Å². The smallest absolute Gasteiger partial charge is 0.137 e. The minimum atomic E-state index is -0.280. The molecule has 2 aromatic carbocycles. The zero-order valence-electron chi connectivity index (χ0n) is 9.03. The lowest BCUT2D eigenvalue weighted by atomic mass is 9.99. The van der Waals surface area contributed by atoms with Crippen LogP contribution in [0.25, 0.3) is 0 Å². The monoisotopic (exact) mass is 294 g/mol. The molecule has 0 aliphatic rings. The van der Waals surface area contributed by atoms with Crippen molar-refractivity contribution in [2.45, 2.75) is 6.04 Å². The van der Waals surface area contributed by atoms with Gasteiger partial charge in [-0.2, -0.15) is 0 Å². The Bertz CT molecular complexity index is 502. The Morgan fingerprint density at radius 3 is 2.35 bits per heavy atom. The van der Waals surface area contributed by atoms with Gasteiger partial charge in [-0.3, -0.25) is 5.84 Å². The molecule has 88 valence electrons. The largest absolute Gasteiger partial charge is 0.271 e. The predicted molar refractivity (Wildman–Crippen MR) is 69.7 cm³/mol. The van der Waals surface area contributed by atoms with Gasteiger partial charge in [0.2, 0.25) is 0 Å². The van der Waals surface area contributed by atoms with E-state index in [2.05, 4.69) is 21.4 Å². The maximum Gasteiger partial charge on any atom is 0.137 e. The molecular weight excluding hydrogens is 283 g/mol. The van der Waals surface area contributed by atoms with E-state index < -0.39 is 0 Å². The summed E-state index contributed by atoms with van der Waals surface area (Å²) in [5, 5.41) is 0. The van der Waals surface area contributed by atoms with Crippen molar-refractivity contribution in [3.8, 4) is 0 Å². The van der Waals surface area contributed by atoms with E-state index >= 15 is 0 Å². The number of hydrogen-bond donors (Lipinski definition) is 2. The molecule has 0 aromatic heterocycles. The molecule has 0 radical (unpaired) electrons. The second kappa shape index (κ2) is 5.40. The van der Waals surface area contributed by atoms with Gasteiger partial charge < -0.3 is 0 Å². The Morgan fingerprint density at radius 1 is 1.06 bits per heavy atom. The van der Waals surface area contributed by atoms with Gasteiger partial charge in [-0.1, -0.05) is 36.4 Å². The van der Waals surface area contributed by atoms with E-state index in [0.29, 0.717) is 4.47 Å². The van der Waals surface area contributed by atoms with Crippen LogP contribution in [0.2, 0.25) is 0 Å². The number of halogens is 2. The van der Waals surface area contributed by atoms with Crippen LogP contribution in [-0.2, 0) is 0 Å². The van der Waals surface area contributed by atoms with E-state index in [-0.39, 0.29) is 11.9 Å². The average Bonchev–Trinajstić information content (AvgIpc) is 2.36. The first-order valence-electron chi connectivity index (χ1n) is 5.18. The van der Waals surface area contributed by atoms with Crippen LogP contribution >= 0.6 is 15.9 Å². The molecule has 2 rings (SSSR count). The number of benzene rings is 2. The third-order valence-electron chi connectivity index (χ3n) is 2.58. The van der Waals surface area contributed by atoms with E-state index in [4.69, 9.17) is 5.84 Å². The molecule has 0 aliphatic heterocycles. The number of hydrogen-bond acceptors (Lipinski definition) is 2. The van der Waals surface area contributed by atoms with Gasteiger partial charge in [0.05, 0.1) is 10.5 Å². The van der Waals surface area contributed by atoms with Gasteiger partial charge in [-0.05, 0) is 39.2 Å². The van der Waals surface area contributed by atoms with Crippen molar-refractivity contribution >= 4 is 15.9 Å². The Hall–Kier alpha value is -1.23. The van der Waals surface area contributed by atoms with E-state index in [0.717, 1.165) is 11.1 Å². The van der Waals surface area contributed by atoms with Crippen molar-refractivity contribution in [3.05, 3.63) is 69.9 Å². The van der Waals surface area contributed by atoms with E-state index in [1.807, 2.05) is 30.3 Å². The lowest BCUT2D eigenvalue weighted by molar-refractivity contribution is 0.610. The van der Waals surface area contributed by atoms with Crippen LogP contribution in [0.15, 0.2) is 53.0 Å². The molecule has 3 N–H and O–H groups in total. The van der Waals surface area contributed by atoms with Crippen LogP contribution in [0.1, 0.15) is 17.2 Å². The normalized spacial score (nSPS) is 12.4. The minimum absolute atomic E-state index is 0.145. The lowest BCUT2D eigenvalue weighted by Gasteiger charge is -2.17. The summed E-state index contributed by atoms with van der Waals surface area (Å²) < 4.78 is 13.6. The first-order valence-corrected chi connectivity index (χ1v) is 5.97. The summed E-state index contributed by atoms with van der Waals surface area (Å²) in [7, 11) is 0. The fourth-order valence-electron chi connectivity index (χ4n) is 1.72. The highest BCUT2D eigenvalue weighted by Crippen LogP contribution is 2.25. The topological polar surface area (TPSA) is 38.0 Å². The molecule has 2 nitrogen and oxygen atoms in total. The summed E-state index contributed by atoms with van der Waals surface area (Å²) in [6, 6.07) is 14.5. The van der Waals surface area contributed by atoms with Crippen LogP contribution in [-0.4, -0.2) is 0 Å². The lowest BCUT2D eigenvalue weighted by Crippen LogP contribution is -2.28. The standard InChI is InChI=1S/C13H12BrFN2/c14-11-8-10(6-7-12(11)15)13(17-16)9-4-2-1-3-5-9/h1-8,13,17H,16H2. The van der Waals surface area contributed by atoms with Gasteiger partial charge in [0.1, 0.15) is 5.82 Å². The molecule has 2 aromatic rings. The van der Waals surface area contributed by atoms with Crippen molar-refractivity contribution in [3.63, 3.8) is 0 Å². The van der Waals surface area contributed by atoms with Crippen LogP contribution in [0.4, 0.5) is 4.39 Å². The highest BCUT2D eigenvalue weighted by molar-refractivity contribution is 9.10. The van der Waals surface area contributed by atoms with Gasteiger partial charge in [0.15, 0.2) is 0 Å². The summed E-state index contributed by atoms with van der Waals surface area (Å²) >= 11 is 3.17. The second-order valence-corrected chi connectivity index (χ2v) is 4.54. The van der Waals surface area contributed by atoms with Crippen LogP contribution < -0.4 is 11.3 Å². The van der Waals surface area contributed by atoms with Crippen molar-refractivity contribution in [1.82, 2.24) is 5.43 Å². The fraction of sp³-hybridized carbons (Fsp3) is 0.0769. The van der Waals surface area contributed by atoms with Crippen LogP contribution in [0, 0.1) is 5.82 Å². The summed E-state index contributed by atoms with van der Waals surface area (Å²) in [5.41, 5.74) is 4.68. The van der Waals surface area contributed by atoms with Crippen LogP contribution in [0.5, 0.6) is 0 Å². The fourth-order valence-corrected chi connectivity index (χ4v) is 2.12. The highest BCUT2D eigenvalue weighted by Gasteiger charge is 2.13. The third kappa shape index (κ3) is 2.72. The molecule has 0 amide bonds. The van der Waals surface area contributed by atoms with Crippen molar-refractivity contribution in [1.29, 1.82) is 0 Å². The predicted octanol–water partition coefficient (Wildman–Crippen LogP) is 3.14. The van der Waals surface area contributed by atoms with E-state index in [1.165, 1.54) is 6.07 Å². The van der Waals surface area contributed by atoms with Crippen molar-refractivity contribution in [2.75, 3.05) is 0 Å². The molecule has 0 fully saturated rings. The third-order valence-corrected chi connectivity index (χ3v) is 3.18. The zero-order valence-corrected chi connectivity index (χ0v) is 10.6. The Morgan fingerprint density at radius 2 is 1.76 bits per heavy atom. The van der Waals surface area contributed by atoms with Gasteiger partial charge >= 0.3 is 0 Å². The molecule has 1 unspecified atom stereocenters. The molecule has 4 heteroatoms.